The van der Waals surface area contributed by atoms with Gasteiger partial charge in [0.1, 0.15) is 5.60 Å². The average Bonchev–Trinajstić information content (AvgIpc) is 2.85. The van der Waals surface area contributed by atoms with Gasteiger partial charge in [0.05, 0.1) is 6.54 Å². The number of benzene rings is 1. The largest absolute Gasteiger partial charge is 0.384 e. The normalized spacial score (nSPS) is 14.8. The molecule has 0 saturated carbocycles. The molecule has 0 radical (unpaired) electrons. The van der Waals surface area contributed by atoms with Gasteiger partial charge in [0.2, 0.25) is 5.89 Å². The molecule has 1 atom stereocenters. The third-order valence-electron chi connectivity index (χ3n) is 3.10. The second-order valence-corrected chi connectivity index (χ2v) is 6.75. The number of hydrogen-bond donors (Lipinski definition) is 2. The SMILES string of the molecule is CC(C)(C)c1nc(NCC(C)(O)c2cccc(Cl)c2)no1. The number of anilines is 1. The molecule has 1 unspecified atom stereocenters. The summed E-state index contributed by atoms with van der Waals surface area (Å²) >= 11 is 5.95. The van der Waals surface area contributed by atoms with E-state index in [9.17, 15) is 5.11 Å². The molecule has 0 saturated heterocycles. The molecule has 0 fully saturated rings. The van der Waals surface area contributed by atoms with Gasteiger partial charge in [-0.2, -0.15) is 4.98 Å². The topological polar surface area (TPSA) is 71.2 Å². The molecule has 5 nitrogen and oxygen atoms in total. The lowest BCUT2D eigenvalue weighted by Crippen LogP contribution is -2.31. The molecule has 114 valence electrons. The van der Waals surface area contributed by atoms with E-state index in [1.54, 1.807) is 25.1 Å². The van der Waals surface area contributed by atoms with Crippen LogP contribution in [-0.4, -0.2) is 21.8 Å². The van der Waals surface area contributed by atoms with Crippen LogP contribution in [0.1, 0.15) is 39.1 Å². The molecule has 1 aromatic carbocycles. The molecule has 1 heterocycles. The molecule has 0 spiro atoms. The summed E-state index contributed by atoms with van der Waals surface area (Å²) < 4.78 is 5.19. The van der Waals surface area contributed by atoms with Crippen LogP contribution in [-0.2, 0) is 11.0 Å². The quantitative estimate of drug-likeness (QED) is 0.906. The molecule has 1 aromatic heterocycles. The van der Waals surface area contributed by atoms with Crippen molar-refractivity contribution in [2.45, 2.75) is 38.7 Å². The molecule has 2 aromatic rings. The Morgan fingerprint density at radius 1 is 1.29 bits per heavy atom. The Balaban J connectivity index is 2.06. The maximum Gasteiger partial charge on any atom is 0.263 e. The summed E-state index contributed by atoms with van der Waals surface area (Å²) in [6, 6.07) is 7.13. The van der Waals surface area contributed by atoms with Crippen LogP contribution in [0.5, 0.6) is 0 Å². The minimum absolute atomic E-state index is 0.206. The summed E-state index contributed by atoms with van der Waals surface area (Å²) in [6.45, 7) is 7.93. The van der Waals surface area contributed by atoms with Crippen LogP contribution in [0.25, 0.3) is 0 Å². The van der Waals surface area contributed by atoms with E-state index in [0.717, 1.165) is 5.56 Å². The van der Waals surface area contributed by atoms with Crippen molar-refractivity contribution in [3.8, 4) is 0 Å². The van der Waals surface area contributed by atoms with Crippen LogP contribution >= 0.6 is 11.6 Å². The third kappa shape index (κ3) is 3.95. The first-order valence-electron chi connectivity index (χ1n) is 6.75. The predicted octanol–water partition coefficient (Wildman–Crippen LogP) is 3.34. The summed E-state index contributed by atoms with van der Waals surface area (Å²) in [5.74, 6) is 0.912. The van der Waals surface area contributed by atoms with Crippen LogP contribution < -0.4 is 5.32 Å². The first-order valence-corrected chi connectivity index (χ1v) is 7.13. The van der Waals surface area contributed by atoms with Gasteiger partial charge in [-0.3, -0.25) is 0 Å². The Morgan fingerprint density at radius 2 is 2.00 bits per heavy atom. The monoisotopic (exact) mass is 309 g/mol. The minimum Gasteiger partial charge on any atom is -0.384 e. The number of rotatable bonds is 4. The Bertz CT molecular complexity index is 617. The highest BCUT2D eigenvalue weighted by molar-refractivity contribution is 6.30. The Labute approximate surface area is 129 Å². The first kappa shape index (κ1) is 15.8. The Morgan fingerprint density at radius 3 is 2.57 bits per heavy atom. The summed E-state index contributed by atoms with van der Waals surface area (Å²) in [6.07, 6.45) is 0. The van der Waals surface area contributed by atoms with Gasteiger partial charge in [-0.1, -0.05) is 44.5 Å². The molecule has 21 heavy (non-hydrogen) atoms. The number of aromatic nitrogens is 2. The third-order valence-corrected chi connectivity index (χ3v) is 3.34. The van der Waals surface area contributed by atoms with Crippen molar-refractivity contribution in [1.29, 1.82) is 0 Å². The maximum atomic E-state index is 10.5. The van der Waals surface area contributed by atoms with Crippen LogP contribution in [0.2, 0.25) is 5.02 Å². The zero-order valence-electron chi connectivity index (χ0n) is 12.6. The minimum atomic E-state index is -1.09. The summed E-state index contributed by atoms with van der Waals surface area (Å²) in [4.78, 5) is 4.27. The van der Waals surface area contributed by atoms with Crippen LogP contribution in [0, 0.1) is 0 Å². The lowest BCUT2D eigenvalue weighted by atomic mass is 9.96. The Kier molecular flexibility index (Phi) is 4.25. The second kappa shape index (κ2) is 5.66. The zero-order chi connectivity index (χ0) is 15.7. The van der Waals surface area contributed by atoms with E-state index in [1.165, 1.54) is 0 Å². The van der Waals surface area contributed by atoms with Gasteiger partial charge in [-0.05, 0) is 29.8 Å². The molecule has 2 rings (SSSR count). The van der Waals surface area contributed by atoms with Crippen LogP contribution in [0.15, 0.2) is 28.8 Å². The first-order chi connectivity index (χ1) is 9.68. The fourth-order valence-corrected chi connectivity index (χ4v) is 1.97. The molecular formula is C15H20ClN3O2. The second-order valence-electron chi connectivity index (χ2n) is 6.31. The highest BCUT2D eigenvalue weighted by Crippen LogP contribution is 2.25. The molecule has 0 aliphatic rings. The van der Waals surface area contributed by atoms with E-state index in [-0.39, 0.29) is 12.0 Å². The van der Waals surface area contributed by atoms with E-state index in [2.05, 4.69) is 15.5 Å². The van der Waals surface area contributed by atoms with E-state index in [4.69, 9.17) is 16.1 Å². The molecule has 0 bridgehead atoms. The summed E-state index contributed by atoms with van der Waals surface area (Å²) in [5.41, 5.74) is -0.572. The van der Waals surface area contributed by atoms with Crippen LogP contribution in [0.3, 0.4) is 0 Å². The predicted molar refractivity (Wildman–Crippen MR) is 82.5 cm³/mol. The van der Waals surface area contributed by atoms with Gasteiger partial charge in [0, 0.05) is 10.4 Å². The van der Waals surface area contributed by atoms with Gasteiger partial charge in [0.15, 0.2) is 0 Å². The standard InChI is InChI=1S/C15H20ClN3O2/c1-14(2,3)12-18-13(19-21-12)17-9-15(4,20)10-6-5-7-11(16)8-10/h5-8,20H,9H2,1-4H3,(H,17,19). The van der Waals surface area contributed by atoms with Gasteiger partial charge in [-0.15, -0.1) is 0 Å². The fraction of sp³-hybridized carbons (Fsp3) is 0.467. The lowest BCUT2D eigenvalue weighted by Gasteiger charge is -2.24. The van der Waals surface area contributed by atoms with Gasteiger partial charge in [0.25, 0.3) is 5.95 Å². The Hall–Kier alpha value is -1.59. The van der Waals surface area contributed by atoms with Gasteiger partial charge < -0.3 is 14.9 Å². The summed E-state index contributed by atoms with van der Waals surface area (Å²) in [7, 11) is 0. The van der Waals surface area contributed by atoms with E-state index in [0.29, 0.717) is 16.9 Å². The van der Waals surface area contributed by atoms with Gasteiger partial charge >= 0.3 is 0 Å². The van der Waals surface area contributed by atoms with E-state index >= 15 is 0 Å². The average molecular weight is 310 g/mol. The number of halogens is 1. The zero-order valence-corrected chi connectivity index (χ0v) is 13.4. The van der Waals surface area contributed by atoms with Crippen molar-refractivity contribution in [1.82, 2.24) is 10.1 Å². The van der Waals surface area contributed by atoms with Crippen molar-refractivity contribution in [3.63, 3.8) is 0 Å². The lowest BCUT2D eigenvalue weighted by molar-refractivity contribution is 0.0713. The van der Waals surface area contributed by atoms with Crippen molar-refractivity contribution >= 4 is 17.5 Å². The number of nitrogens with zero attached hydrogens (tertiary/aromatic N) is 2. The molecular weight excluding hydrogens is 290 g/mol. The molecule has 6 heteroatoms. The van der Waals surface area contributed by atoms with E-state index in [1.807, 2.05) is 26.8 Å². The summed E-state index contributed by atoms with van der Waals surface area (Å²) in [5, 5.41) is 18.0. The van der Waals surface area contributed by atoms with Crippen LogP contribution in [0.4, 0.5) is 5.95 Å². The molecule has 0 amide bonds. The van der Waals surface area contributed by atoms with Crippen molar-refractivity contribution in [2.24, 2.45) is 0 Å². The van der Waals surface area contributed by atoms with Crippen molar-refractivity contribution < 1.29 is 9.63 Å². The highest BCUT2D eigenvalue weighted by atomic mass is 35.5. The number of aliphatic hydroxyl groups is 1. The van der Waals surface area contributed by atoms with E-state index < -0.39 is 5.60 Å². The van der Waals surface area contributed by atoms with Crippen molar-refractivity contribution in [2.75, 3.05) is 11.9 Å². The molecule has 0 aliphatic heterocycles. The molecule has 0 aliphatic carbocycles. The maximum absolute atomic E-state index is 10.5. The smallest absolute Gasteiger partial charge is 0.263 e. The molecule has 2 N–H and O–H groups in total. The number of hydrogen-bond acceptors (Lipinski definition) is 5. The van der Waals surface area contributed by atoms with Crippen molar-refractivity contribution in [3.05, 3.63) is 40.7 Å². The highest BCUT2D eigenvalue weighted by Gasteiger charge is 2.25. The fourth-order valence-electron chi connectivity index (χ4n) is 1.78. The number of nitrogens with one attached hydrogen (secondary N) is 1. The van der Waals surface area contributed by atoms with Gasteiger partial charge in [-0.25, -0.2) is 0 Å².